The van der Waals surface area contributed by atoms with Gasteiger partial charge in [0.2, 0.25) is 0 Å². The van der Waals surface area contributed by atoms with Gasteiger partial charge in [-0.3, -0.25) is 20.4 Å². The van der Waals surface area contributed by atoms with Crippen molar-refractivity contribution in [2.45, 2.75) is 13.0 Å². The zero-order valence-electron chi connectivity index (χ0n) is 14.5. The third kappa shape index (κ3) is 6.30. The number of hydrazine groups is 1. The summed E-state index contributed by atoms with van der Waals surface area (Å²) in [6.45, 7) is 0.814. The second-order valence-electron chi connectivity index (χ2n) is 5.42. The van der Waals surface area contributed by atoms with E-state index in [1.165, 1.54) is 31.2 Å². The van der Waals surface area contributed by atoms with Gasteiger partial charge in [-0.2, -0.15) is 0 Å². The Hall–Kier alpha value is -2.48. The maximum Gasteiger partial charge on any atom is 0.347 e. The minimum atomic E-state index is -1.02. The zero-order valence-corrected chi connectivity index (χ0v) is 16.8. The van der Waals surface area contributed by atoms with E-state index in [-0.39, 0.29) is 21.4 Å². The van der Waals surface area contributed by atoms with Crippen molar-refractivity contribution in [1.29, 1.82) is 0 Å². The van der Waals surface area contributed by atoms with Gasteiger partial charge in [-0.15, -0.1) is 0 Å². The molecular formula is C18H15Cl3N2O5. The number of nitrogens with one attached hydrogen (secondary N) is 2. The van der Waals surface area contributed by atoms with Gasteiger partial charge in [0, 0.05) is 5.02 Å². The molecule has 148 valence electrons. The largest absolute Gasteiger partial charge is 0.477 e. The number of carbonyl (C=O) groups is 3. The van der Waals surface area contributed by atoms with Crippen LogP contribution in [0.25, 0.3) is 0 Å². The molecule has 2 aromatic rings. The SMILES string of the molecule is C[C@@H](Oc1ccc(Cl)cc1Cl)C(=O)OCC(=O)NNC(=O)c1ccccc1Cl. The molecule has 10 heteroatoms. The van der Waals surface area contributed by atoms with Crippen molar-refractivity contribution in [2.24, 2.45) is 0 Å². The molecule has 28 heavy (non-hydrogen) atoms. The van der Waals surface area contributed by atoms with Crippen LogP contribution in [0.3, 0.4) is 0 Å². The Kier molecular flexibility index (Phi) is 7.92. The highest BCUT2D eigenvalue weighted by atomic mass is 35.5. The first-order chi connectivity index (χ1) is 13.3. The van der Waals surface area contributed by atoms with Crippen LogP contribution < -0.4 is 15.6 Å². The maximum absolute atomic E-state index is 11.9. The molecule has 0 spiro atoms. The molecule has 0 bridgehead atoms. The highest BCUT2D eigenvalue weighted by Crippen LogP contribution is 2.28. The van der Waals surface area contributed by atoms with Crippen molar-refractivity contribution in [1.82, 2.24) is 10.9 Å². The number of halogens is 3. The van der Waals surface area contributed by atoms with E-state index in [4.69, 9.17) is 44.3 Å². The molecule has 0 fully saturated rings. The molecule has 0 radical (unpaired) electrons. The van der Waals surface area contributed by atoms with E-state index >= 15 is 0 Å². The lowest BCUT2D eigenvalue weighted by molar-refractivity contribution is -0.154. The van der Waals surface area contributed by atoms with Gasteiger partial charge in [0.05, 0.1) is 15.6 Å². The summed E-state index contributed by atoms with van der Waals surface area (Å²) in [6.07, 6.45) is -1.02. The average Bonchev–Trinajstić information content (AvgIpc) is 2.66. The molecule has 0 saturated heterocycles. The van der Waals surface area contributed by atoms with Crippen molar-refractivity contribution in [3.63, 3.8) is 0 Å². The molecule has 0 heterocycles. The lowest BCUT2D eigenvalue weighted by atomic mass is 10.2. The molecule has 0 aliphatic rings. The van der Waals surface area contributed by atoms with Crippen LogP contribution in [0.1, 0.15) is 17.3 Å². The summed E-state index contributed by atoms with van der Waals surface area (Å²) in [5.74, 6) is -1.91. The Morgan fingerprint density at radius 1 is 1.00 bits per heavy atom. The minimum absolute atomic E-state index is 0.184. The second kappa shape index (κ2) is 10.2. The third-order valence-corrected chi connectivity index (χ3v) is 4.17. The predicted octanol–water partition coefficient (Wildman–Crippen LogP) is 3.42. The van der Waals surface area contributed by atoms with Gasteiger partial charge in [0.25, 0.3) is 11.8 Å². The first-order valence-electron chi connectivity index (χ1n) is 7.90. The highest BCUT2D eigenvalue weighted by Gasteiger charge is 2.19. The normalized spacial score (nSPS) is 11.3. The number of ether oxygens (including phenoxy) is 2. The van der Waals surface area contributed by atoms with Crippen LogP contribution in [0.5, 0.6) is 5.75 Å². The standard InChI is InChI=1S/C18H15Cl3N2O5/c1-10(28-15-7-6-11(19)8-14(15)21)18(26)27-9-16(24)22-23-17(25)12-4-2-3-5-13(12)20/h2-8,10H,9H2,1H3,(H,22,24)(H,23,25)/t10-/m1/s1. The first-order valence-corrected chi connectivity index (χ1v) is 9.03. The van der Waals surface area contributed by atoms with Crippen LogP contribution in [-0.4, -0.2) is 30.5 Å². The van der Waals surface area contributed by atoms with Crippen molar-refractivity contribution < 1.29 is 23.9 Å². The molecule has 1 atom stereocenters. The molecule has 0 aliphatic carbocycles. The van der Waals surface area contributed by atoms with E-state index < -0.39 is 30.5 Å². The zero-order chi connectivity index (χ0) is 20.7. The van der Waals surface area contributed by atoms with E-state index in [2.05, 4.69) is 10.9 Å². The maximum atomic E-state index is 11.9. The Balaban J connectivity index is 1.77. The summed E-state index contributed by atoms with van der Waals surface area (Å²) in [5, 5.41) is 0.878. The lowest BCUT2D eigenvalue weighted by Gasteiger charge is -2.15. The number of hydrogen-bond acceptors (Lipinski definition) is 5. The molecule has 2 rings (SSSR count). The van der Waals surface area contributed by atoms with Crippen molar-refractivity contribution in [3.05, 3.63) is 63.1 Å². The van der Waals surface area contributed by atoms with Gasteiger partial charge in [-0.05, 0) is 37.3 Å². The summed E-state index contributed by atoms with van der Waals surface area (Å²) in [5.41, 5.74) is 4.47. The topological polar surface area (TPSA) is 93.7 Å². The van der Waals surface area contributed by atoms with E-state index in [0.717, 1.165) is 0 Å². The predicted molar refractivity (Wildman–Crippen MR) is 105 cm³/mol. The molecule has 0 aliphatic heterocycles. The van der Waals surface area contributed by atoms with Crippen LogP contribution >= 0.6 is 34.8 Å². The minimum Gasteiger partial charge on any atom is -0.477 e. The fourth-order valence-electron chi connectivity index (χ4n) is 1.94. The number of amides is 2. The lowest BCUT2D eigenvalue weighted by Crippen LogP contribution is -2.44. The van der Waals surface area contributed by atoms with Crippen LogP contribution in [0.2, 0.25) is 15.1 Å². The van der Waals surface area contributed by atoms with E-state index in [1.54, 1.807) is 18.2 Å². The monoisotopic (exact) mass is 444 g/mol. The summed E-state index contributed by atoms with van der Waals surface area (Å²) in [4.78, 5) is 35.6. The van der Waals surface area contributed by atoms with Crippen molar-refractivity contribution >= 4 is 52.6 Å². The second-order valence-corrected chi connectivity index (χ2v) is 6.68. The molecule has 7 nitrogen and oxygen atoms in total. The van der Waals surface area contributed by atoms with Gasteiger partial charge in [-0.25, -0.2) is 4.79 Å². The molecule has 0 saturated carbocycles. The molecule has 0 unspecified atom stereocenters. The fraction of sp³-hybridized carbons (Fsp3) is 0.167. The quantitative estimate of drug-likeness (QED) is 0.525. The Labute approximate surface area is 175 Å². The number of benzene rings is 2. The summed E-state index contributed by atoms with van der Waals surface area (Å²) < 4.78 is 10.2. The van der Waals surface area contributed by atoms with Crippen LogP contribution in [0.4, 0.5) is 0 Å². The molecule has 2 aromatic carbocycles. The van der Waals surface area contributed by atoms with Gasteiger partial charge in [-0.1, -0.05) is 46.9 Å². The molecule has 2 N–H and O–H groups in total. The van der Waals surface area contributed by atoms with E-state index in [9.17, 15) is 14.4 Å². The van der Waals surface area contributed by atoms with Crippen LogP contribution in [0, 0.1) is 0 Å². The average molecular weight is 446 g/mol. The smallest absolute Gasteiger partial charge is 0.347 e. The fourth-order valence-corrected chi connectivity index (χ4v) is 2.61. The van der Waals surface area contributed by atoms with Gasteiger partial charge >= 0.3 is 5.97 Å². The number of hydrogen-bond donors (Lipinski definition) is 2. The molecular weight excluding hydrogens is 431 g/mol. The van der Waals surface area contributed by atoms with Gasteiger partial charge in [0.1, 0.15) is 5.75 Å². The number of rotatable bonds is 6. The first kappa shape index (κ1) is 21.8. The van der Waals surface area contributed by atoms with Gasteiger partial charge in [0.15, 0.2) is 12.7 Å². The summed E-state index contributed by atoms with van der Waals surface area (Å²) in [6, 6.07) is 10.8. The van der Waals surface area contributed by atoms with Crippen molar-refractivity contribution in [2.75, 3.05) is 6.61 Å². The van der Waals surface area contributed by atoms with Crippen LogP contribution in [-0.2, 0) is 14.3 Å². The Morgan fingerprint density at radius 3 is 2.39 bits per heavy atom. The number of carbonyl (C=O) groups excluding carboxylic acids is 3. The summed E-state index contributed by atoms with van der Waals surface area (Å²) in [7, 11) is 0. The summed E-state index contributed by atoms with van der Waals surface area (Å²) >= 11 is 17.6. The molecule has 2 amide bonds. The molecule has 0 aromatic heterocycles. The Bertz CT molecular complexity index is 891. The third-order valence-electron chi connectivity index (χ3n) is 3.31. The van der Waals surface area contributed by atoms with Gasteiger partial charge < -0.3 is 9.47 Å². The van der Waals surface area contributed by atoms with Crippen molar-refractivity contribution in [3.8, 4) is 5.75 Å². The number of esters is 1. The Morgan fingerprint density at radius 2 is 1.71 bits per heavy atom. The van der Waals surface area contributed by atoms with E-state index in [0.29, 0.717) is 5.02 Å². The van der Waals surface area contributed by atoms with Crippen LogP contribution in [0.15, 0.2) is 42.5 Å². The highest BCUT2D eigenvalue weighted by molar-refractivity contribution is 6.35. The van der Waals surface area contributed by atoms with E-state index in [1.807, 2.05) is 0 Å².